The van der Waals surface area contributed by atoms with Gasteiger partial charge in [-0.1, -0.05) is 18.2 Å². The maximum Gasteiger partial charge on any atom is 0.195 e. The molecule has 0 amide bonds. The lowest BCUT2D eigenvalue weighted by molar-refractivity contribution is 0.259. The Kier molecular flexibility index (Phi) is 7.58. The second-order valence-corrected chi connectivity index (χ2v) is 7.02. The summed E-state index contributed by atoms with van der Waals surface area (Å²) in [6, 6.07) is 13.9. The molecule has 0 spiro atoms. The molecule has 29 heavy (non-hydrogen) atoms. The van der Waals surface area contributed by atoms with Crippen molar-refractivity contribution in [3.8, 4) is 17.2 Å². The van der Waals surface area contributed by atoms with E-state index in [0.717, 1.165) is 41.5 Å². The van der Waals surface area contributed by atoms with Gasteiger partial charge in [0.05, 0.1) is 13.2 Å². The molecule has 0 radical (unpaired) electrons. The van der Waals surface area contributed by atoms with Gasteiger partial charge < -0.3 is 29.7 Å². The van der Waals surface area contributed by atoms with Gasteiger partial charge >= 0.3 is 0 Å². The number of nitrogens with zero attached hydrogens (tertiary/aromatic N) is 2. The molecule has 2 aromatic carbocycles. The molecule has 0 saturated carbocycles. The van der Waals surface area contributed by atoms with Crippen molar-refractivity contribution >= 4 is 11.6 Å². The smallest absolute Gasteiger partial charge is 0.195 e. The van der Waals surface area contributed by atoms with Gasteiger partial charge in [-0.15, -0.1) is 0 Å². The van der Waals surface area contributed by atoms with E-state index in [4.69, 9.17) is 14.2 Å². The Morgan fingerprint density at radius 2 is 1.90 bits per heavy atom. The van der Waals surface area contributed by atoms with Crippen LogP contribution in [0.2, 0.25) is 0 Å². The minimum Gasteiger partial charge on any atom is -0.492 e. The predicted molar refractivity (Wildman–Crippen MR) is 116 cm³/mol. The summed E-state index contributed by atoms with van der Waals surface area (Å²) in [5.74, 6) is 3.08. The Morgan fingerprint density at radius 3 is 2.69 bits per heavy atom. The van der Waals surface area contributed by atoms with E-state index in [-0.39, 0.29) is 0 Å². The average molecular weight is 399 g/mol. The van der Waals surface area contributed by atoms with Crippen molar-refractivity contribution in [2.45, 2.75) is 13.0 Å². The number of guanidine groups is 1. The highest BCUT2D eigenvalue weighted by Gasteiger charge is 2.11. The van der Waals surface area contributed by atoms with Crippen LogP contribution in [0.4, 0.5) is 5.69 Å². The van der Waals surface area contributed by atoms with E-state index in [1.807, 2.05) is 50.5 Å². The molecule has 0 atom stereocenters. The molecule has 0 bridgehead atoms. The van der Waals surface area contributed by atoms with Crippen LogP contribution in [-0.4, -0.2) is 58.4 Å². The summed E-state index contributed by atoms with van der Waals surface area (Å²) in [7, 11) is 5.82. The number of anilines is 1. The Hall–Kier alpha value is -2.93. The molecule has 0 saturated heterocycles. The van der Waals surface area contributed by atoms with Crippen LogP contribution >= 0.6 is 0 Å². The number of nitrogens with one attached hydrogen (secondary N) is 2. The van der Waals surface area contributed by atoms with Crippen LogP contribution in [0.5, 0.6) is 17.2 Å². The molecule has 0 aliphatic carbocycles. The van der Waals surface area contributed by atoms with E-state index < -0.39 is 0 Å². The number of para-hydroxylation sites is 1. The largest absolute Gasteiger partial charge is 0.492 e. The fraction of sp³-hybridized carbons (Fsp3) is 0.409. The van der Waals surface area contributed by atoms with Gasteiger partial charge in [0, 0.05) is 43.9 Å². The van der Waals surface area contributed by atoms with Crippen molar-refractivity contribution in [1.29, 1.82) is 0 Å². The maximum atomic E-state index is 5.93. The number of rotatable bonds is 7. The molecule has 156 valence electrons. The Labute approximate surface area is 172 Å². The number of hydrogen-bond acceptors (Lipinski definition) is 5. The van der Waals surface area contributed by atoms with Crippen molar-refractivity contribution in [2.24, 2.45) is 4.99 Å². The molecular formula is C22H30N4O3. The summed E-state index contributed by atoms with van der Waals surface area (Å²) in [6.07, 6.45) is 0.886. The fourth-order valence-electron chi connectivity index (χ4n) is 2.86. The van der Waals surface area contributed by atoms with Crippen molar-refractivity contribution in [3.05, 3.63) is 48.0 Å². The highest BCUT2D eigenvalue weighted by atomic mass is 16.5. The number of aliphatic imine (C=N–C) groups is 1. The van der Waals surface area contributed by atoms with E-state index in [0.29, 0.717) is 32.3 Å². The first-order chi connectivity index (χ1) is 14.2. The summed E-state index contributed by atoms with van der Waals surface area (Å²) in [5.41, 5.74) is 1.96. The van der Waals surface area contributed by atoms with Crippen LogP contribution in [0.1, 0.15) is 12.0 Å². The monoisotopic (exact) mass is 398 g/mol. The predicted octanol–water partition coefficient (Wildman–Crippen LogP) is 2.98. The summed E-state index contributed by atoms with van der Waals surface area (Å²) >= 11 is 0. The zero-order chi connectivity index (χ0) is 20.5. The lowest BCUT2D eigenvalue weighted by Crippen LogP contribution is -2.30. The molecule has 1 heterocycles. The molecule has 3 rings (SSSR count). The molecule has 2 N–H and O–H groups in total. The zero-order valence-corrected chi connectivity index (χ0v) is 17.4. The summed E-state index contributed by atoms with van der Waals surface area (Å²) in [6.45, 7) is 3.46. The number of ether oxygens (including phenoxy) is 3. The standard InChI is InChI=1S/C22H30N4O3/c1-23-22(25-18-9-10-20-21(15-18)28-13-6-12-27-20)24-16-17-7-4-5-8-19(17)29-14-11-26(2)3/h4-5,7-10,15H,6,11-14,16H2,1-3H3,(H2,23,24,25). The van der Waals surface area contributed by atoms with Crippen molar-refractivity contribution in [3.63, 3.8) is 0 Å². The highest BCUT2D eigenvalue weighted by molar-refractivity contribution is 5.93. The van der Waals surface area contributed by atoms with Crippen LogP contribution < -0.4 is 24.8 Å². The third-order valence-corrected chi connectivity index (χ3v) is 4.45. The lowest BCUT2D eigenvalue weighted by atomic mass is 10.2. The third-order valence-electron chi connectivity index (χ3n) is 4.45. The number of benzene rings is 2. The first kappa shape index (κ1) is 20.8. The quantitative estimate of drug-likeness (QED) is 0.552. The van der Waals surface area contributed by atoms with Crippen LogP contribution in [0.15, 0.2) is 47.5 Å². The number of fused-ring (bicyclic) bond motifs is 1. The van der Waals surface area contributed by atoms with Crippen molar-refractivity contribution < 1.29 is 14.2 Å². The van der Waals surface area contributed by atoms with E-state index in [1.54, 1.807) is 7.05 Å². The topological polar surface area (TPSA) is 67.4 Å². The first-order valence-corrected chi connectivity index (χ1v) is 9.88. The number of likely N-dealkylation sites (N-methyl/N-ethyl adjacent to an activating group) is 1. The lowest BCUT2D eigenvalue weighted by Gasteiger charge is -2.16. The minimum atomic E-state index is 0.600. The van der Waals surface area contributed by atoms with Crippen LogP contribution in [0, 0.1) is 0 Å². The highest BCUT2D eigenvalue weighted by Crippen LogP contribution is 2.32. The van der Waals surface area contributed by atoms with Crippen LogP contribution in [0.25, 0.3) is 0 Å². The average Bonchev–Trinajstić information content (AvgIpc) is 2.96. The molecule has 0 fully saturated rings. The Morgan fingerprint density at radius 1 is 1.10 bits per heavy atom. The van der Waals surface area contributed by atoms with E-state index in [1.165, 1.54) is 0 Å². The van der Waals surface area contributed by atoms with Gasteiger partial charge in [-0.25, -0.2) is 0 Å². The summed E-state index contributed by atoms with van der Waals surface area (Å²) < 4.78 is 17.4. The van der Waals surface area contributed by atoms with Gasteiger partial charge in [0.1, 0.15) is 12.4 Å². The molecule has 1 aliphatic rings. The third kappa shape index (κ3) is 6.29. The Bertz CT molecular complexity index is 823. The van der Waals surface area contributed by atoms with E-state index >= 15 is 0 Å². The second kappa shape index (κ2) is 10.6. The molecule has 1 aliphatic heterocycles. The summed E-state index contributed by atoms with van der Waals surface area (Å²) in [5, 5.41) is 6.65. The first-order valence-electron chi connectivity index (χ1n) is 9.88. The van der Waals surface area contributed by atoms with Crippen molar-refractivity contribution in [2.75, 3.05) is 52.8 Å². The van der Waals surface area contributed by atoms with Crippen LogP contribution in [-0.2, 0) is 6.54 Å². The molecule has 7 heteroatoms. The maximum absolute atomic E-state index is 5.93. The van der Waals surface area contributed by atoms with Gasteiger partial charge in [0.2, 0.25) is 0 Å². The van der Waals surface area contributed by atoms with Crippen LogP contribution in [0.3, 0.4) is 0 Å². The van der Waals surface area contributed by atoms with Gasteiger partial charge in [-0.05, 0) is 32.3 Å². The SMILES string of the molecule is CN=C(NCc1ccccc1OCCN(C)C)Nc1ccc2c(c1)OCCCO2. The molecular weight excluding hydrogens is 368 g/mol. The van der Waals surface area contributed by atoms with Gasteiger partial charge in [-0.3, -0.25) is 4.99 Å². The van der Waals surface area contributed by atoms with E-state index in [2.05, 4.69) is 26.6 Å². The minimum absolute atomic E-state index is 0.600. The van der Waals surface area contributed by atoms with E-state index in [9.17, 15) is 0 Å². The van der Waals surface area contributed by atoms with Gasteiger partial charge in [-0.2, -0.15) is 0 Å². The Balaban J connectivity index is 1.59. The molecule has 0 aromatic heterocycles. The second-order valence-electron chi connectivity index (χ2n) is 7.02. The normalized spacial score (nSPS) is 13.7. The molecule has 7 nitrogen and oxygen atoms in total. The zero-order valence-electron chi connectivity index (χ0n) is 17.4. The molecule has 0 unspecified atom stereocenters. The van der Waals surface area contributed by atoms with Gasteiger partial charge in [0.15, 0.2) is 17.5 Å². The van der Waals surface area contributed by atoms with Crippen molar-refractivity contribution in [1.82, 2.24) is 10.2 Å². The van der Waals surface area contributed by atoms with Gasteiger partial charge in [0.25, 0.3) is 0 Å². The molecule has 2 aromatic rings. The number of hydrogen-bond donors (Lipinski definition) is 2. The fourth-order valence-corrected chi connectivity index (χ4v) is 2.86. The summed E-state index contributed by atoms with van der Waals surface area (Å²) in [4.78, 5) is 6.42.